The molecule has 0 aliphatic heterocycles. The van der Waals surface area contributed by atoms with Crippen LogP contribution in [0, 0.1) is 5.82 Å². The summed E-state index contributed by atoms with van der Waals surface area (Å²) in [6, 6.07) is 2.93. The lowest BCUT2D eigenvalue weighted by molar-refractivity contribution is 0.0525. The molecule has 0 aliphatic rings. The summed E-state index contributed by atoms with van der Waals surface area (Å²) in [5.41, 5.74) is -0.576. The van der Waals surface area contributed by atoms with E-state index in [2.05, 4.69) is 5.32 Å². The third-order valence-corrected chi connectivity index (χ3v) is 4.57. The van der Waals surface area contributed by atoms with Gasteiger partial charge in [0.2, 0.25) is 0 Å². The summed E-state index contributed by atoms with van der Waals surface area (Å²) in [4.78, 5) is 24.2. The summed E-state index contributed by atoms with van der Waals surface area (Å²) in [6.45, 7) is 5.60. The molecule has 2 aromatic rings. The van der Waals surface area contributed by atoms with Gasteiger partial charge in [-0.15, -0.1) is 11.3 Å². The van der Waals surface area contributed by atoms with E-state index in [4.69, 9.17) is 9.47 Å². The van der Waals surface area contributed by atoms with Crippen molar-refractivity contribution in [1.29, 1.82) is 0 Å². The number of Topliss-reactive ketones (excluding diaryl/α,β-unsaturated/α-hetero) is 1. The van der Waals surface area contributed by atoms with E-state index in [1.54, 1.807) is 20.8 Å². The smallest absolute Gasteiger partial charge is 0.407 e. The number of thiophene rings is 1. The molecule has 2 rings (SSSR count). The maximum absolute atomic E-state index is 14.2. The monoisotopic (exact) mass is 383 g/mol. The van der Waals surface area contributed by atoms with Crippen molar-refractivity contribution in [2.75, 3.05) is 13.7 Å². The predicted molar refractivity (Wildman–Crippen MR) is 97.8 cm³/mol. The van der Waals surface area contributed by atoms with E-state index in [0.29, 0.717) is 22.5 Å². The molecule has 1 heterocycles. The minimum Gasteiger partial charge on any atom is -0.502 e. The third kappa shape index (κ3) is 4.85. The Balaban J connectivity index is 1.96. The van der Waals surface area contributed by atoms with Crippen molar-refractivity contribution in [3.8, 4) is 11.5 Å². The number of rotatable bonds is 6. The van der Waals surface area contributed by atoms with E-state index in [1.165, 1.54) is 19.2 Å². The zero-order chi connectivity index (χ0) is 19.5. The van der Waals surface area contributed by atoms with Crippen LogP contribution in [0.5, 0.6) is 11.5 Å². The summed E-state index contributed by atoms with van der Waals surface area (Å²) in [5.74, 6) is -1.51. The molecule has 8 heteroatoms. The molecule has 142 valence electrons. The third-order valence-electron chi connectivity index (χ3n) is 3.44. The Morgan fingerprint density at radius 2 is 2.00 bits per heavy atom. The molecular formula is C18H22FNO5S. The number of hydrogen-bond acceptors (Lipinski definition) is 6. The van der Waals surface area contributed by atoms with Gasteiger partial charge in [0.05, 0.1) is 12.0 Å². The number of ketones is 1. The van der Waals surface area contributed by atoms with Crippen molar-refractivity contribution in [3.63, 3.8) is 0 Å². The second-order valence-corrected chi connectivity index (χ2v) is 7.80. The standard InChI is InChI=1S/C18H22FNO5S/c1-18(2,3)25-17(23)20-7-5-6-11(21)14-8-10-13(26-14)9-12(24-4)16(22)15(10)19/h8-9,22H,5-7H2,1-4H3,(H,20,23). The molecule has 26 heavy (non-hydrogen) atoms. The minimum atomic E-state index is -0.804. The topological polar surface area (TPSA) is 84.9 Å². The van der Waals surface area contributed by atoms with Gasteiger partial charge in [-0.25, -0.2) is 9.18 Å². The van der Waals surface area contributed by atoms with Crippen LogP contribution in [0.3, 0.4) is 0 Å². The first kappa shape index (κ1) is 20.0. The average Bonchev–Trinajstić information content (AvgIpc) is 2.97. The first-order chi connectivity index (χ1) is 12.1. The fraction of sp³-hybridized carbons (Fsp3) is 0.444. The van der Waals surface area contributed by atoms with Crippen molar-refractivity contribution < 1.29 is 28.6 Å². The highest BCUT2D eigenvalue weighted by atomic mass is 32.1. The number of alkyl carbamates (subject to hydrolysis) is 1. The molecule has 0 spiro atoms. The molecule has 0 bridgehead atoms. The number of fused-ring (bicyclic) bond motifs is 1. The van der Waals surface area contributed by atoms with E-state index >= 15 is 0 Å². The van der Waals surface area contributed by atoms with E-state index in [1.807, 2.05) is 0 Å². The fourth-order valence-electron chi connectivity index (χ4n) is 2.28. The molecule has 0 saturated heterocycles. The molecule has 1 amide bonds. The minimum absolute atomic E-state index is 0.0254. The predicted octanol–water partition coefficient (Wildman–Crippen LogP) is 4.24. The van der Waals surface area contributed by atoms with Gasteiger partial charge in [-0.3, -0.25) is 4.79 Å². The molecule has 6 nitrogen and oxygen atoms in total. The number of phenolic OH excluding ortho intramolecular Hbond substituents is 1. The number of amides is 1. The number of carbonyl (C=O) groups excluding carboxylic acids is 2. The molecule has 1 aromatic carbocycles. The van der Waals surface area contributed by atoms with Gasteiger partial charge in [0.25, 0.3) is 0 Å². The fourth-order valence-corrected chi connectivity index (χ4v) is 3.33. The maximum atomic E-state index is 14.2. The number of methoxy groups -OCH3 is 1. The number of phenols is 1. The molecule has 0 unspecified atom stereocenters. The molecule has 0 aliphatic carbocycles. The van der Waals surface area contributed by atoms with Crippen LogP contribution in [0.15, 0.2) is 12.1 Å². The Kier molecular flexibility index (Phi) is 6.07. The van der Waals surface area contributed by atoms with Crippen LogP contribution in [-0.4, -0.2) is 36.2 Å². The SMILES string of the molecule is COc1cc2sc(C(=O)CCCNC(=O)OC(C)(C)C)cc2c(F)c1O. The van der Waals surface area contributed by atoms with E-state index < -0.39 is 23.3 Å². The molecule has 0 radical (unpaired) electrons. The molecule has 0 saturated carbocycles. The van der Waals surface area contributed by atoms with Crippen LogP contribution in [0.2, 0.25) is 0 Å². The second kappa shape index (κ2) is 7.90. The highest BCUT2D eigenvalue weighted by Crippen LogP contribution is 2.39. The van der Waals surface area contributed by atoms with Crippen molar-refractivity contribution in [2.24, 2.45) is 0 Å². The van der Waals surface area contributed by atoms with Crippen molar-refractivity contribution in [1.82, 2.24) is 5.32 Å². The molecule has 1 aromatic heterocycles. The highest BCUT2D eigenvalue weighted by molar-refractivity contribution is 7.20. The summed E-state index contributed by atoms with van der Waals surface area (Å²) >= 11 is 1.14. The van der Waals surface area contributed by atoms with Crippen molar-refractivity contribution in [2.45, 2.75) is 39.2 Å². The van der Waals surface area contributed by atoms with E-state index in [-0.39, 0.29) is 23.3 Å². The normalized spacial score (nSPS) is 11.4. The van der Waals surface area contributed by atoms with Gasteiger partial charge < -0.3 is 19.9 Å². The number of nitrogens with one attached hydrogen (secondary N) is 1. The first-order valence-corrected chi connectivity index (χ1v) is 8.93. The quantitative estimate of drug-likeness (QED) is 0.576. The summed E-state index contributed by atoms with van der Waals surface area (Å²) in [6.07, 6.45) is 0.105. The van der Waals surface area contributed by atoms with Gasteiger partial charge in [0, 0.05) is 29.1 Å². The highest BCUT2D eigenvalue weighted by Gasteiger charge is 2.19. The average molecular weight is 383 g/mol. The second-order valence-electron chi connectivity index (χ2n) is 6.72. The van der Waals surface area contributed by atoms with Gasteiger partial charge in [-0.1, -0.05) is 0 Å². The summed E-state index contributed by atoms with van der Waals surface area (Å²) in [5, 5.41) is 12.5. The number of halogens is 1. The zero-order valence-corrected chi connectivity index (χ0v) is 16.0. The van der Waals surface area contributed by atoms with Gasteiger partial charge >= 0.3 is 6.09 Å². The van der Waals surface area contributed by atoms with Crippen LogP contribution in [0.25, 0.3) is 10.1 Å². The number of benzene rings is 1. The summed E-state index contributed by atoms with van der Waals surface area (Å²) < 4.78 is 24.7. The Bertz CT molecular complexity index is 825. The largest absolute Gasteiger partial charge is 0.502 e. The molecular weight excluding hydrogens is 361 g/mol. The van der Waals surface area contributed by atoms with Crippen LogP contribution >= 0.6 is 11.3 Å². The van der Waals surface area contributed by atoms with Crippen molar-refractivity contribution in [3.05, 3.63) is 22.8 Å². The van der Waals surface area contributed by atoms with Crippen LogP contribution in [0.4, 0.5) is 9.18 Å². The van der Waals surface area contributed by atoms with E-state index in [9.17, 15) is 19.1 Å². The maximum Gasteiger partial charge on any atom is 0.407 e. The van der Waals surface area contributed by atoms with Gasteiger partial charge in [0.15, 0.2) is 23.1 Å². The van der Waals surface area contributed by atoms with Crippen LogP contribution in [0.1, 0.15) is 43.3 Å². The number of aromatic hydroxyl groups is 1. The van der Waals surface area contributed by atoms with Gasteiger partial charge in [-0.05, 0) is 33.3 Å². The lowest BCUT2D eigenvalue weighted by Crippen LogP contribution is -2.33. The number of ether oxygens (including phenoxy) is 2. The van der Waals surface area contributed by atoms with Crippen molar-refractivity contribution >= 4 is 33.3 Å². The Hall–Kier alpha value is -2.35. The first-order valence-electron chi connectivity index (χ1n) is 8.11. The summed E-state index contributed by atoms with van der Waals surface area (Å²) in [7, 11) is 1.33. The van der Waals surface area contributed by atoms with E-state index in [0.717, 1.165) is 11.3 Å². The molecule has 0 fully saturated rings. The Morgan fingerprint density at radius 3 is 2.62 bits per heavy atom. The van der Waals surface area contributed by atoms with Gasteiger partial charge in [0.1, 0.15) is 5.60 Å². The van der Waals surface area contributed by atoms with Crippen LogP contribution < -0.4 is 10.1 Å². The number of carbonyl (C=O) groups is 2. The zero-order valence-electron chi connectivity index (χ0n) is 15.1. The van der Waals surface area contributed by atoms with Gasteiger partial charge in [-0.2, -0.15) is 0 Å². The Labute approximate surface area is 154 Å². The molecule has 2 N–H and O–H groups in total. The van der Waals surface area contributed by atoms with Crippen LogP contribution in [-0.2, 0) is 4.74 Å². The Morgan fingerprint density at radius 1 is 1.31 bits per heavy atom. The number of hydrogen-bond donors (Lipinski definition) is 2. The lowest BCUT2D eigenvalue weighted by Gasteiger charge is -2.19. The molecule has 0 atom stereocenters. The lowest BCUT2D eigenvalue weighted by atomic mass is 10.1.